The number of fused-ring (bicyclic) bond motifs is 1. The number of carbonyl (C=O) groups excluding carboxylic acids is 1. The van der Waals surface area contributed by atoms with Gasteiger partial charge in [-0.1, -0.05) is 72.4 Å². The van der Waals surface area contributed by atoms with E-state index in [0.717, 1.165) is 18.8 Å². The van der Waals surface area contributed by atoms with Gasteiger partial charge in [0.2, 0.25) is 0 Å². The Morgan fingerprint density at radius 3 is 2.10 bits per heavy atom. The van der Waals surface area contributed by atoms with Crippen molar-refractivity contribution in [1.82, 2.24) is 19.4 Å². The van der Waals surface area contributed by atoms with Crippen molar-refractivity contribution in [2.45, 2.75) is 17.7 Å². The Labute approximate surface area is 185 Å². The maximum Gasteiger partial charge on any atom is 0.267 e. The molecule has 0 spiro atoms. The molecule has 6 nitrogen and oxygen atoms in total. The van der Waals surface area contributed by atoms with Gasteiger partial charge in [-0.15, -0.1) is 0 Å². The Kier molecular flexibility index (Phi) is 5.61. The minimum absolute atomic E-state index is 0.143. The number of hydrogen-bond acceptors (Lipinski definition) is 5. The molecule has 3 aromatic rings. The van der Waals surface area contributed by atoms with Crippen LogP contribution in [-0.2, 0) is 6.54 Å². The summed E-state index contributed by atoms with van der Waals surface area (Å²) in [5, 5.41) is 0.708. The largest absolute Gasteiger partial charge is 0.336 e. The van der Waals surface area contributed by atoms with E-state index in [9.17, 15) is 9.59 Å². The summed E-state index contributed by atoms with van der Waals surface area (Å²) in [7, 11) is 0. The Balaban J connectivity index is 1.34. The van der Waals surface area contributed by atoms with Gasteiger partial charge >= 0.3 is 0 Å². The van der Waals surface area contributed by atoms with Crippen LogP contribution in [-0.4, -0.2) is 57.2 Å². The van der Waals surface area contributed by atoms with E-state index < -0.39 is 0 Å². The smallest absolute Gasteiger partial charge is 0.267 e. The van der Waals surface area contributed by atoms with Crippen LogP contribution in [0, 0.1) is 0 Å². The molecule has 158 valence electrons. The second kappa shape index (κ2) is 8.69. The van der Waals surface area contributed by atoms with Crippen LogP contribution in [0.25, 0.3) is 0 Å². The van der Waals surface area contributed by atoms with Gasteiger partial charge in [0.15, 0.2) is 5.16 Å². The minimum Gasteiger partial charge on any atom is -0.336 e. The van der Waals surface area contributed by atoms with E-state index in [-0.39, 0.29) is 23.1 Å². The van der Waals surface area contributed by atoms with Crippen molar-refractivity contribution in [3.63, 3.8) is 0 Å². The summed E-state index contributed by atoms with van der Waals surface area (Å²) in [4.78, 5) is 34.4. The van der Waals surface area contributed by atoms with Crippen molar-refractivity contribution >= 4 is 17.7 Å². The first-order valence-corrected chi connectivity index (χ1v) is 11.6. The molecule has 2 aliphatic heterocycles. The normalized spacial score (nSPS) is 16.5. The molecule has 1 fully saturated rings. The number of carbonyl (C=O) groups is 1. The molecule has 0 radical (unpaired) electrons. The molecule has 0 unspecified atom stereocenters. The molecule has 1 saturated heterocycles. The molecule has 2 aromatic carbocycles. The Bertz CT molecular complexity index is 1090. The zero-order valence-corrected chi connectivity index (χ0v) is 18.0. The third-order valence-corrected chi connectivity index (χ3v) is 6.95. The van der Waals surface area contributed by atoms with Crippen LogP contribution in [0.1, 0.15) is 27.5 Å². The topological polar surface area (TPSA) is 58.4 Å². The van der Waals surface area contributed by atoms with E-state index >= 15 is 0 Å². The fourth-order valence-electron chi connectivity index (χ4n) is 4.40. The van der Waals surface area contributed by atoms with Crippen molar-refractivity contribution in [2.24, 2.45) is 0 Å². The SMILES string of the molecule is O=C(c1cnc2n(c1=O)CCS2)N1CCN(C(c2ccccc2)c2ccccc2)CC1. The Morgan fingerprint density at radius 2 is 1.48 bits per heavy atom. The highest BCUT2D eigenvalue weighted by molar-refractivity contribution is 7.99. The molecule has 0 saturated carbocycles. The maximum atomic E-state index is 13.1. The average Bonchev–Trinajstić information content (AvgIpc) is 3.31. The van der Waals surface area contributed by atoms with E-state index in [1.807, 2.05) is 12.1 Å². The first-order valence-electron chi connectivity index (χ1n) is 10.6. The summed E-state index contributed by atoms with van der Waals surface area (Å²) in [6.45, 7) is 3.29. The van der Waals surface area contributed by atoms with Crippen LogP contribution in [0.4, 0.5) is 0 Å². The number of amides is 1. The van der Waals surface area contributed by atoms with Gasteiger partial charge < -0.3 is 4.90 Å². The van der Waals surface area contributed by atoms with Gasteiger partial charge in [-0.25, -0.2) is 4.98 Å². The fourth-order valence-corrected chi connectivity index (χ4v) is 5.32. The molecule has 5 rings (SSSR count). The number of rotatable bonds is 4. The number of hydrogen-bond donors (Lipinski definition) is 0. The minimum atomic E-state index is -0.214. The quantitative estimate of drug-likeness (QED) is 0.594. The van der Waals surface area contributed by atoms with Crippen LogP contribution < -0.4 is 5.56 Å². The van der Waals surface area contributed by atoms with Gasteiger partial charge in [0.25, 0.3) is 11.5 Å². The first-order chi connectivity index (χ1) is 15.2. The zero-order chi connectivity index (χ0) is 21.2. The van der Waals surface area contributed by atoms with E-state index in [4.69, 9.17) is 0 Å². The lowest BCUT2D eigenvalue weighted by Crippen LogP contribution is -2.50. The standard InChI is InChI=1S/C24H24N4O2S/c29-22(20-17-25-24-28(23(20)30)15-16-31-24)27-13-11-26(12-14-27)21(18-7-3-1-4-8-18)19-9-5-2-6-10-19/h1-10,17,21H,11-16H2. The second-order valence-electron chi connectivity index (χ2n) is 7.81. The molecular weight excluding hydrogens is 408 g/mol. The summed E-state index contributed by atoms with van der Waals surface area (Å²) in [5.41, 5.74) is 2.45. The number of piperazine rings is 1. The Morgan fingerprint density at radius 1 is 0.871 bits per heavy atom. The lowest BCUT2D eigenvalue weighted by Gasteiger charge is -2.39. The zero-order valence-electron chi connectivity index (χ0n) is 17.2. The summed E-state index contributed by atoms with van der Waals surface area (Å²) >= 11 is 1.56. The highest BCUT2D eigenvalue weighted by atomic mass is 32.2. The molecular formula is C24H24N4O2S. The Hall–Kier alpha value is -2.90. The van der Waals surface area contributed by atoms with Gasteiger partial charge in [-0.05, 0) is 11.1 Å². The number of thioether (sulfide) groups is 1. The summed E-state index contributed by atoms with van der Waals surface area (Å²) in [6, 6.07) is 21.1. The van der Waals surface area contributed by atoms with Gasteiger partial charge in [-0.3, -0.25) is 19.1 Å². The molecule has 0 N–H and O–H groups in total. The van der Waals surface area contributed by atoms with Gasteiger partial charge in [0, 0.05) is 44.7 Å². The van der Waals surface area contributed by atoms with E-state index in [2.05, 4.69) is 58.4 Å². The van der Waals surface area contributed by atoms with Gasteiger partial charge in [0.05, 0.1) is 6.04 Å². The van der Waals surface area contributed by atoms with E-state index in [0.29, 0.717) is 24.8 Å². The number of benzene rings is 2. The van der Waals surface area contributed by atoms with Crippen molar-refractivity contribution in [2.75, 3.05) is 31.9 Å². The maximum absolute atomic E-state index is 13.1. The van der Waals surface area contributed by atoms with E-state index in [1.54, 1.807) is 21.2 Å². The van der Waals surface area contributed by atoms with Crippen LogP contribution in [0.2, 0.25) is 0 Å². The lowest BCUT2D eigenvalue weighted by molar-refractivity contribution is 0.0594. The molecule has 0 atom stereocenters. The summed E-state index contributed by atoms with van der Waals surface area (Å²) < 4.78 is 1.62. The number of aromatic nitrogens is 2. The van der Waals surface area contributed by atoms with E-state index in [1.165, 1.54) is 17.3 Å². The first kappa shape index (κ1) is 20.0. The number of nitrogens with zero attached hydrogens (tertiary/aromatic N) is 4. The van der Waals surface area contributed by atoms with Crippen molar-refractivity contribution in [3.05, 3.63) is 93.9 Å². The monoisotopic (exact) mass is 432 g/mol. The highest BCUT2D eigenvalue weighted by Gasteiger charge is 2.30. The average molecular weight is 433 g/mol. The third-order valence-electron chi connectivity index (χ3n) is 5.98. The molecule has 31 heavy (non-hydrogen) atoms. The van der Waals surface area contributed by atoms with Gasteiger partial charge in [0.1, 0.15) is 5.56 Å². The molecule has 0 bridgehead atoms. The molecule has 1 aromatic heterocycles. The van der Waals surface area contributed by atoms with Crippen LogP contribution in [0.5, 0.6) is 0 Å². The van der Waals surface area contributed by atoms with Crippen LogP contribution >= 0.6 is 11.8 Å². The van der Waals surface area contributed by atoms with Crippen molar-refractivity contribution < 1.29 is 4.79 Å². The molecule has 0 aliphatic carbocycles. The molecule has 7 heteroatoms. The van der Waals surface area contributed by atoms with Crippen molar-refractivity contribution in [3.8, 4) is 0 Å². The fraction of sp³-hybridized carbons (Fsp3) is 0.292. The predicted molar refractivity (Wildman–Crippen MR) is 121 cm³/mol. The van der Waals surface area contributed by atoms with Crippen molar-refractivity contribution in [1.29, 1.82) is 0 Å². The summed E-state index contributed by atoms with van der Waals surface area (Å²) in [5.74, 6) is 0.624. The van der Waals surface area contributed by atoms with Crippen LogP contribution in [0.3, 0.4) is 0 Å². The molecule has 3 heterocycles. The highest BCUT2D eigenvalue weighted by Crippen LogP contribution is 2.29. The predicted octanol–water partition coefficient (Wildman–Crippen LogP) is 2.90. The third kappa shape index (κ3) is 3.91. The lowest BCUT2D eigenvalue weighted by atomic mass is 9.96. The van der Waals surface area contributed by atoms with Crippen LogP contribution in [0.15, 0.2) is 76.8 Å². The van der Waals surface area contributed by atoms with Gasteiger partial charge in [-0.2, -0.15) is 0 Å². The second-order valence-corrected chi connectivity index (χ2v) is 8.87. The molecule has 1 amide bonds. The molecule has 2 aliphatic rings. The summed E-state index contributed by atoms with van der Waals surface area (Å²) in [6.07, 6.45) is 1.46.